The van der Waals surface area contributed by atoms with Crippen LogP contribution in [0.5, 0.6) is 0 Å². The second kappa shape index (κ2) is 5.53. The minimum absolute atomic E-state index is 0. The first-order valence-corrected chi connectivity index (χ1v) is 3.86. The lowest BCUT2D eigenvalue weighted by Crippen LogP contribution is -2.54. The molecule has 0 aromatic carbocycles. The summed E-state index contributed by atoms with van der Waals surface area (Å²) in [7, 11) is 0. The fourth-order valence-corrected chi connectivity index (χ4v) is 0.618. The van der Waals surface area contributed by atoms with Crippen LogP contribution in [0.3, 0.4) is 0 Å². The fraction of sp³-hybridized carbons (Fsp3) is 0.857. The van der Waals surface area contributed by atoms with Gasteiger partial charge in [0, 0.05) is 0 Å². The summed E-state index contributed by atoms with van der Waals surface area (Å²) in [5, 5.41) is 10.8. The molecule has 92 valence electrons. The number of hydrogen-bond donors (Lipinski definition) is 3. The summed E-state index contributed by atoms with van der Waals surface area (Å²) in [4.78, 5) is 10.9. The molecule has 0 aliphatic rings. The van der Waals surface area contributed by atoms with Gasteiger partial charge in [-0.2, -0.15) is 13.2 Å². The molecule has 4 nitrogen and oxygen atoms in total. The summed E-state index contributed by atoms with van der Waals surface area (Å²) in [6.45, 7) is 1.03. The Hall–Kier alpha value is -0.530. The van der Waals surface area contributed by atoms with E-state index in [9.17, 15) is 23.1 Å². The molecular weight excluding hydrogens is 237 g/mol. The zero-order chi connectivity index (χ0) is 11.6. The van der Waals surface area contributed by atoms with Crippen molar-refractivity contribution in [2.24, 2.45) is 5.73 Å². The van der Waals surface area contributed by atoms with E-state index >= 15 is 0 Å². The number of alkyl halides is 3. The standard InChI is InChI=1S/C7H13F3N2O2.ClH/c1-6(2,14)4(11)5(13)12-3-7(8,9)10;/h4,14H,3,11H2,1-2H3,(H,12,13);1H/t4-;/m0./s1. The molecule has 0 aliphatic heterocycles. The molecule has 1 amide bonds. The monoisotopic (exact) mass is 250 g/mol. The number of aliphatic hydroxyl groups is 1. The lowest BCUT2D eigenvalue weighted by atomic mass is 9.99. The first kappa shape index (κ1) is 16.9. The molecule has 8 heteroatoms. The van der Waals surface area contributed by atoms with Crippen LogP contribution in [0.4, 0.5) is 13.2 Å². The van der Waals surface area contributed by atoms with Gasteiger partial charge in [0.1, 0.15) is 12.6 Å². The largest absolute Gasteiger partial charge is 0.405 e. The normalized spacial score (nSPS) is 14.1. The number of carbonyl (C=O) groups is 1. The van der Waals surface area contributed by atoms with Crippen molar-refractivity contribution in [3.05, 3.63) is 0 Å². The summed E-state index contributed by atoms with van der Waals surface area (Å²) in [6.07, 6.45) is -4.48. The number of rotatable bonds is 3. The van der Waals surface area contributed by atoms with Crippen LogP contribution in [0, 0.1) is 0 Å². The van der Waals surface area contributed by atoms with Crippen LogP contribution in [0.1, 0.15) is 13.8 Å². The summed E-state index contributed by atoms with van der Waals surface area (Å²) in [5.41, 5.74) is 3.65. The number of hydrogen-bond acceptors (Lipinski definition) is 3. The van der Waals surface area contributed by atoms with Crippen molar-refractivity contribution in [2.75, 3.05) is 6.54 Å². The molecule has 0 unspecified atom stereocenters. The Morgan fingerprint density at radius 3 is 2.13 bits per heavy atom. The van der Waals surface area contributed by atoms with E-state index in [4.69, 9.17) is 5.73 Å². The third-order valence-corrected chi connectivity index (χ3v) is 1.51. The number of carbonyl (C=O) groups excluding carboxylic acids is 1. The second-order valence-corrected chi connectivity index (χ2v) is 3.46. The van der Waals surface area contributed by atoms with E-state index in [1.54, 1.807) is 5.32 Å². The molecular formula is C7H14ClF3N2O2. The van der Waals surface area contributed by atoms with Gasteiger partial charge in [-0.05, 0) is 13.8 Å². The highest BCUT2D eigenvalue weighted by atomic mass is 35.5. The van der Waals surface area contributed by atoms with Crippen molar-refractivity contribution in [3.8, 4) is 0 Å². The van der Waals surface area contributed by atoms with Gasteiger partial charge in [0.15, 0.2) is 0 Å². The SMILES string of the molecule is CC(C)(O)[C@@H](N)C(=O)NCC(F)(F)F.Cl. The predicted molar refractivity (Wildman–Crippen MR) is 50.6 cm³/mol. The molecule has 0 saturated heterocycles. The van der Waals surface area contributed by atoms with Gasteiger partial charge in [0.2, 0.25) is 5.91 Å². The lowest BCUT2D eigenvalue weighted by Gasteiger charge is -2.24. The van der Waals surface area contributed by atoms with Crippen molar-refractivity contribution in [1.82, 2.24) is 5.32 Å². The van der Waals surface area contributed by atoms with Crippen molar-refractivity contribution in [2.45, 2.75) is 31.7 Å². The Kier molecular flexibility index (Phi) is 6.22. The quantitative estimate of drug-likeness (QED) is 0.669. The highest BCUT2D eigenvalue weighted by molar-refractivity contribution is 5.85. The van der Waals surface area contributed by atoms with Crippen LogP contribution < -0.4 is 11.1 Å². The van der Waals surface area contributed by atoms with E-state index < -0.39 is 30.3 Å². The molecule has 0 heterocycles. The van der Waals surface area contributed by atoms with Crippen LogP contribution in [-0.2, 0) is 4.79 Å². The molecule has 0 aliphatic carbocycles. The summed E-state index contributed by atoms with van der Waals surface area (Å²) < 4.78 is 35.0. The first-order valence-electron chi connectivity index (χ1n) is 3.86. The van der Waals surface area contributed by atoms with Crippen LogP contribution in [0.15, 0.2) is 0 Å². The van der Waals surface area contributed by atoms with E-state index in [2.05, 4.69) is 0 Å². The Morgan fingerprint density at radius 2 is 1.87 bits per heavy atom. The van der Waals surface area contributed by atoms with E-state index in [1.165, 1.54) is 13.8 Å². The molecule has 0 aromatic heterocycles. The molecule has 0 radical (unpaired) electrons. The van der Waals surface area contributed by atoms with Gasteiger partial charge in [-0.3, -0.25) is 4.79 Å². The lowest BCUT2D eigenvalue weighted by molar-refractivity contribution is -0.142. The molecule has 15 heavy (non-hydrogen) atoms. The van der Waals surface area contributed by atoms with Crippen molar-refractivity contribution in [1.29, 1.82) is 0 Å². The average Bonchev–Trinajstić information content (AvgIpc) is 1.95. The van der Waals surface area contributed by atoms with Gasteiger partial charge >= 0.3 is 6.18 Å². The molecule has 4 N–H and O–H groups in total. The highest BCUT2D eigenvalue weighted by Crippen LogP contribution is 2.13. The minimum Gasteiger partial charge on any atom is -0.388 e. The Morgan fingerprint density at radius 1 is 1.47 bits per heavy atom. The molecule has 0 fully saturated rings. The van der Waals surface area contributed by atoms with Crippen molar-refractivity contribution < 1.29 is 23.1 Å². The molecule has 1 atom stereocenters. The zero-order valence-corrected chi connectivity index (χ0v) is 9.08. The van der Waals surface area contributed by atoms with Gasteiger partial charge in [-0.1, -0.05) is 0 Å². The third-order valence-electron chi connectivity index (χ3n) is 1.51. The maximum atomic E-state index is 11.7. The number of amides is 1. The van der Waals surface area contributed by atoms with Gasteiger partial charge in [-0.15, -0.1) is 12.4 Å². The van der Waals surface area contributed by atoms with E-state index in [0.29, 0.717) is 0 Å². The molecule has 0 spiro atoms. The Labute approximate surface area is 91.4 Å². The van der Waals surface area contributed by atoms with Gasteiger partial charge < -0.3 is 16.2 Å². The van der Waals surface area contributed by atoms with Crippen molar-refractivity contribution >= 4 is 18.3 Å². The van der Waals surface area contributed by atoms with Crippen LogP contribution in [0.2, 0.25) is 0 Å². The number of nitrogens with two attached hydrogens (primary N) is 1. The third kappa shape index (κ3) is 7.40. The van der Waals surface area contributed by atoms with Gasteiger partial charge in [0.05, 0.1) is 5.60 Å². The number of halogens is 4. The van der Waals surface area contributed by atoms with E-state index in [1.807, 2.05) is 0 Å². The molecule has 0 aromatic rings. The van der Waals surface area contributed by atoms with Crippen LogP contribution in [-0.4, -0.2) is 35.4 Å². The fourth-order valence-electron chi connectivity index (χ4n) is 0.618. The molecule has 0 rings (SSSR count). The Balaban J connectivity index is 0. The topological polar surface area (TPSA) is 75.3 Å². The maximum absolute atomic E-state index is 11.7. The minimum atomic E-state index is -4.48. The molecule has 0 saturated carbocycles. The smallest absolute Gasteiger partial charge is 0.388 e. The highest BCUT2D eigenvalue weighted by Gasteiger charge is 2.33. The van der Waals surface area contributed by atoms with Crippen molar-refractivity contribution in [3.63, 3.8) is 0 Å². The zero-order valence-electron chi connectivity index (χ0n) is 8.26. The summed E-state index contributed by atoms with van der Waals surface area (Å²) in [5.74, 6) is -1.03. The summed E-state index contributed by atoms with van der Waals surface area (Å²) >= 11 is 0. The number of nitrogens with one attached hydrogen (secondary N) is 1. The maximum Gasteiger partial charge on any atom is 0.405 e. The van der Waals surface area contributed by atoms with Crippen LogP contribution in [0.25, 0.3) is 0 Å². The predicted octanol–water partition coefficient (Wildman–Crippen LogP) is 0.185. The van der Waals surface area contributed by atoms with E-state index in [0.717, 1.165) is 0 Å². The Bertz CT molecular complexity index is 215. The second-order valence-electron chi connectivity index (χ2n) is 3.46. The van der Waals surface area contributed by atoms with Gasteiger partial charge in [0.25, 0.3) is 0 Å². The summed E-state index contributed by atoms with van der Waals surface area (Å²) in [6, 6.07) is -1.38. The molecule has 0 bridgehead atoms. The van der Waals surface area contributed by atoms with E-state index in [-0.39, 0.29) is 12.4 Å². The average molecular weight is 251 g/mol. The van der Waals surface area contributed by atoms with Gasteiger partial charge in [-0.25, -0.2) is 0 Å². The van der Waals surface area contributed by atoms with Crippen LogP contribution >= 0.6 is 12.4 Å². The first-order chi connectivity index (χ1) is 6.04.